The van der Waals surface area contributed by atoms with E-state index in [1.165, 1.54) is 12.3 Å². The van der Waals surface area contributed by atoms with Gasteiger partial charge in [-0.1, -0.05) is 19.9 Å². The van der Waals surface area contributed by atoms with Crippen LogP contribution in [0.2, 0.25) is 0 Å². The van der Waals surface area contributed by atoms with Gasteiger partial charge in [0.25, 0.3) is 0 Å². The summed E-state index contributed by atoms with van der Waals surface area (Å²) in [4.78, 5) is 3.35. The predicted molar refractivity (Wildman–Crippen MR) is 43.3 cm³/mol. The third-order valence-electron chi connectivity index (χ3n) is 1.74. The molecule has 0 atom stereocenters. The molecule has 1 rings (SSSR count). The summed E-state index contributed by atoms with van der Waals surface area (Å²) in [6, 6.07) is 2.47. The summed E-state index contributed by atoms with van der Waals surface area (Å²) >= 11 is 0. The van der Waals surface area contributed by atoms with Crippen LogP contribution in [-0.2, 0) is 6.18 Å². The summed E-state index contributed by atoms with van der Waals surface area (Å²) in [6.45, 7) is 3.81. The van der Waals surface area contributed by atoms with Gasteiger partial charge in [0.1, 0.15) is 5.69 Å². The Bertz CT molecular complexity index is 274. The SMILES string of the molecule is CC(C)c1ccc(C(F)(F)F)nc1. The van der Waals surface area contributed by atoms with E-state index in [-0.39, 0.29) is 5.92 Å². The summed E-state index contributed by atoms with van der Waals surface area (Å²) in [6.07, 6.45) is -3.07. The van der Waals surface area contributed by atoms with Gasteiger partial charge in [-0.25, -0.2) is 0 Å². The zero-order valence-electron chi connectivity index (χ0n) is 7.39. The van der Waals surface area contributed by atoms with Crippen molar-refractivity contribution in [2.24, 2.45) is 0 Å². The van der Waals surface area contributed by atoms with Crippen LogP contribution in [-0.4, -0.2) is 4.98 Å². The lowest BCUT2D eigenvalue weighted by molar-refractivity contribution is -0.141. The molecular weight excluding hydrogens is 179 g/mol. The minimum atomic E-state index is -4.34. The van der Waals surface area contributed by atoms with Crippen LogP contribution < -0.4 is 0 Å². The standard InChI is InChI=1S/C9H10F3N/c1-6(2)7-3-4-8(13-5-7)9(10,11)12/h3-6H,1-2H3. The van der Waals surface area contributed by atoms with Gasteiger partial charge in [-0.05, 0) is 17.5 Å². The number of pyridine rings is 1. The lowest BCUT2D eigenvalue weighted by Gasteiger charge is -2.07. The van der Waals surface area contributed by atoms with Crippen LogP contribution in [0.4, 0.5) is 13.2 Å². The Hall–Kier alpha value is -1.06. The van der Waals surface area contributed by atoms with Crippen LogP contribution in [0.25, 0.3) is 0 Å². The minimum Gasteiger partial charge on any atom is -0.251 e. The fraction of sp³-hybridized carbons (Fsp3) is 0.444. The Morgan fingerprint density at radius 1 is 1.23 bits per heavy atom. The van der Waals surface area contributed by atoms with E-state index in [4.69, 9.17) is 0 Å². The molecule has 1 heterocycles. The Morgan fingerprint density at radius 2 is 1.85 bits per heavy atom. The molecule has 0 fully saturated rings. The average molecular weight is 189 g/mol. The third kappa shape index (κ3) is 2.44. The summed E-state index contributed by atoms with van der Waals surface area (Å²) in [5.74, 6) is 0.204. The summed E-state index contributed by atoms with van der Waals surface area (Å²) in [5.41, 5.74) is -0.0232. The second kappa shape index (κ2) is 3.36. The molecule has 0 bridgehead atoms. The maximum absolute atomic E-state index is 12.1. The van der Waals surface area contributed by atoms with Crippen molar-refractivity contribution in [3.8, 4) is 0 Å². The Kier molecular flexibility index (Phi) is 2.59. The van der Waals surface area contributed by atoms with Crippen LogP contribution in [0.3, 0.4) is 0 Å². The molecular formula is C9H10F3N. The number of aromatic nitrogens is 1. The van der Waals surface area contributed by atoms with Crippen molar-refractivity contribution >= 4 is 0 Å². The molecule has 0 spiro atoms. The number of alkyl halides is 3. The van der Waals surface area contributed by atoms with Crippen molar-refractivity contribution in [3.05, 3.63) is 29.6 Å². The highest BCUT2D eigenvalue weighted by Gasteiger charge is 2.31. The summed E-state index contributed by atoms with van der Waals surface area (Å²) in [5, 5.41) is 0. The predicted octanol–water partition coefficient (Wildman–Crippen LogP) is 3.22. The second-order valence-electron chi connectivity index (χ2n) is 3.13. The van der Waals surface area contributed by atoms with Crippen molar-refractivity contribution in [2.75, 3.05) is 0 Å². The van der Waals surface area contributed by atoms with Crippen molar-refractivity contribution in [2.45, 2.75) is 25.9 Å². The molecule has 72 valence electrons. The average Bonchev–Trinajstić information content (AvgIpc) is 2.03. The van der Waals surface area contributed by atoms with Gasteiger partial charge in [0.15, 0.2) is 0 Å². The highest BCUT2D eigenvalue weighted by Crippen LogP contribution is 2.27. The molecule has 0 aliphatic rings. The number of nitrogens with zero attached hydrogens (tertiary/aromatic N) is 1. The Balaban J connectivity index is 2.94. The third-order valence-corrected chi connectivity index (χ3v) is 1.74. The molecule has 0 aliphatic heterocycles. The van der Waals surface area contributed by atoms with E-state index in [0.29, 0.717) is 0 Å². The van der Waals surface area contributed by atoms with Gasteiger partial charge in [-0.2, -0.15) is 13.2 Å². The first-order valence-electron chi connectivity index (χ1n) is 3.94. The van der Waals surface area contributed by atoms with E-state index in [1.807, 2.05) is 13.8 Å². The van der Waals surface area contributed by atoms with Gasteiger partial charge in [0.2, 0.25) is 0 Å². The van der Waals surface area contributed by atoms with Crippen molar-refractivity contribution in [3.63, 3.8) is 0 Å². The minimum absolute atomic E-state index is 0.204. The lowest BCUT2D eigenvalue weighted by Crippen LogP contribution is -2.07. The van der Waals surface area contributed by atoms with Gasteiger partial charge in [-0.3, -0.25) is 4.98 Å². The van der Waals surface area contributed by atoms with Crippen LogP contribution in [0.1, 0.15) is 31.0 Å². The normalized spacial score (nSPS) is 12.2. The molecule has 0 radical (unpaired) electrons. The highest BCUT2D eigenvalue weighted by atomic mass is 19.4. The van der Waals surface area contributed by atoms with Crippen LogP contribution >= 0.6 is 0 Å². The first-order chi connectivity index (χ1) is 5.91. The first kappa shape index (κ1) is 10.0. The van der Waals surface area contributed by atoms with Gasteiger partial charge >= 0.3 is 6.18 Å². The van der Waals surface area contributed by atoms with E-state index >= 15 is 0 Å². The Labute approximate surface area is 74.6 Å². The van der Waals surface area contributed by atoms with Crippen LogP contribution in [0.15, 0.2) is 18.3 Å². The van der Waals surface area contributed by atoms with E-state index < -0.39 is 11.9 Å². The molecule has 0 amide bonds. The van der Waals surface area contributed by atoms with Gasteiger partial charge in [0, 0.05) is 6.20 Å². The topological polar surface area (TPSA) is 12.9 Å². The molecule has 1 nitrogen and oxygen atoms in total. The van der Waals surface area contributed by atoms with Crippen LogP contribution in [0.5, 0.6) is 0 Å². The van der Waals surface area contributed by atoms with Crippen molar-refractivity contribution in [1.29, 1.82) is 0 Å². The number of rotatable bonds is 1. The zero-order valence-corrected chi connectivity index (χ0v) is 7.39. The van der Waals surface area contributed by atoms with E-state index in [9.17, 15) is 13.2 Å². The van der Waals surface area contributed by atoms with E-state index in [1.54, 1.807) is 0 Å². The number of hydrogen-bond donors (Lipinski definition) is 0. The van der Waals surface area contributed by atoms with Crippen molar-refractivity contribution in [1.82, 2.24) is 4.98 Å². The van der Waals surface area contributed by atoms with Gasteiger partial charge in [0.05, 0.1) is 0 Å². The molecule has 0 saturated carbocycles. The molecule has 4 heteroatoms. The lowest BCUT2D eigenvalue weighted by atomic mass is 10.1. The maximum Gasteiger partial charge on any atom is 0.433 e. The smallest absolute Gasteiger partial charge is 0.251 e. The largest absolute Gasteiger partial charge is 0.433 e. The summed E-state index contributed by atoms with van der Waals surface area (Å²) in [7, 11) is 0. The highest BCUT2D eigenvalue weighted by molar-refractivity contribution is 5.18. The molecule has 1 aromatic rings. The molecule has 0 saturated heterocycles. The van der Waals surface area contributed by atoms with Gasteiger partial charge in [-0.15, -0.1) is 0 Å². The molecule has 0 unspecified atom stereocenters. The number of halogens is 3. The van der Waals surface area contributed by atoms with Gasteiger partial charge < -0.3 is 0 Å². The van der Waals surface area contributed by atoms with Crippen molar-refractivity contribution < 1.29 is 13.2 Å². The maximum atomic E-state index is 12.1. The zero-order chi connectivity index (χ0) is 10.1. The fourth-order valence-corrected chi connectivity index (χ4v) is 0.915. The van der Waals surface area contributed by atoms with E-state index in [2.05, 4.69) is 4.98 Å². The second-order valence-corrected chi connectivity index (χ2v) is 3.13. The number of hydrogen-bond acceptors (Lipinski definition) is 1. The van der Waals surface area contributed by atoms with Crippen LogP contribution in [0, 0.1) is 0 Å². The molecule has 0 aliphatic carbocycles. The molecule has 1 aromatic heterocycles. The quantitative estimate of drug-likeness (QED) is 0.660. The molecule has 13 heavy (non-hydrogen) atoms. The first-order valence-corrected chi connectivity index (χ1v) is 3.94. The summed E-state index contributed by atoms with van der Waals surface area (Å²) < 4.78 is 36.2. The Morgan fingerprint density at radius 3 is 2.15 bits per heavy atom. The fourth-order valence-electron chi connectivity index (χ4n) is 0.915. The monoisotopic (exact) mass is 189 g/mol. The molecule has 0 N–H and O–H groups in total. The molecule has 0 aromatic carbocycles. The van der Waals surface area contributed by atoms with E-state index in [0.717, 1.165) is 11.6 Å².